The van der Waals surface area contributed by atoms with Crippen molar-refractivity contribution in [1.82, 2.24) is 10.2 Å². The van der Waals surface area contributed by atoms with Crippen LogP contribution in [0.1, 0.15) is 13.3 Å². The maximum atomic E-state index is 12.5. The van der Waals surface area contributed by atoms with E-state index in [0.29, 0.717) is 19.6 Å². The number of alkyl halides is 3. The van der Waals surface area contributed by atoms with Crippen molar-refractivity contribution in [2.45, 2.75) is 25.6 Å². The maximum absolute atomic E-state index is 12.5. The van der Waals surface area contributed by atoms with E-state index in [1.807, 2.05) is 35.6 Å². The van der Waals surface area contributed by atoms with Crippen molar-refractivity contribution in [2.24, 2.45) is 0 Å². The van der Waals surface area contributed by atoms with Crippen molar-refractivity contribution in [1.29, 1.82) is 0 Å². The molecule has 22 heavy (non-hydrogen) atoms. The van der Waals surface area contributed by atoms with Crippen molar-refractivity contribution in [3.63, 3.8) is 0 Å². The Morgan fingerprint density at radius 1 is 1.14 bits per heavy atom. The highest BCUT2D eigenvalue weighted by atomic mass is 19.4. The van der Waals surface area contributed by atoms with Gasteiger partial charge in [-0.2, -0.15) is 13.2 Å². The molecular weight excluding hydrogens is 295 g/mol. The van der Waals surface area contributed by atoms with E-state index < -0.39 is 18.2 Å². The summed E-state index contributed by atoms with van der Waals surface area (Å²) < 4.78 is 37.5. The van der Waals surface area contributed by atoms with Crippen LogP contribution >= 0.6 is 0 Å². The van der Waals surface area contributed by atoms with Crippen LogP contribution in [-0.2, 0) is 0 Å². The first-order chi connectivity index (χ1) is 10.4. The first kappa shape index (κ1) is 16.5. The number of hydrogen-bond acceptors (Lipinski definition) is 2. The largest absolute Gasteiger partial charge is 0.408 e. The van der Waals surface area contributed by atoms with Gasteiger partial charge in [0.2, 0.25) is 0 Å². The van der Waals surface area contributed by atoms with Crippen LogP contribution in [0.15, 0.2) is 30.3 Å². The zero-order chi connectivity index (χ0) is 16.2. The third-order valence-electron chi connectivity index (χ3n) is 3.74. The lowest BCUT2D eigenvalue weighted by Gasteiger charge is -2.25. The average molecular weight is 315 g/mol. The summed E-state index contributed by atoms with van der Waals surface area (Å²) in [6, 6.07) is 7.29. The molecule has 1 aromatic rings. The van der Waals surface area contributed by atoms with Crippen molar-refractivity contribution in [3.8, 4) is 0 Å². The van der Waals surface area contributed by atoms with E-state index >= 15 is 0 Å². The number of nitrogens with one attached hydrogen (secondary N) is 1. The molecule has 1 saturated heterocycles. The van der Waals surface area contributed by atoms with Gasteiger partial charge in [-0.3, -0.25) is 0 Å². The minimum Gasteiger partial charge on any atom is -0.370 e. The Balaban J connectivity index is 1.91. The number of rotatable bonds is 2. The van der Waals surface area contributed by atoms with E-state index in [-0.39, 0.29) is 0 Å². The van der Waals surface area contributed by atoms with Crippen LogP contribution in [0.4, 0.5) is 23.7 Å². The SMILES string of the molecule is C[C@H](NC(=O)N1CCCN(c2ccccc2)CC1)C(F)(F)F. The molecule has 0 spiro atoms. The number of amides is 2. The first-order valence-corrected chi connectivity index (χ1v) is 7.30. The number of hydrogen-bond donors (Lipinski definition) is 1. The van der Waals surface area contributed by atoms with E-state index in [2.05, 4.69) is 4.90 Å². The first-order valence-electron chi connectivity index (χ1n) is 7.30. The van der Waals surface area contributed by atoms with E-state index in [0.717, 1.165) is 25.6 Å². The number of nitrogens with zero attached hydrogens (tertiary/aromatic N) is 2. The summed E-state index contributed by atoms with van der Waals surface area (Å²) in [5.74, 6) is 0. The molecule has 0 unspecified atom stereocenters. The van der Waals surface area contributed by atoms with Gasteiger partial charge >= 0.3 is 12.2 Å². The fourth-order valence-corrected chi connectivity index (χ4v) is 2.38. The molecule has 1 fully saturated rings. The van der Waals surface area contributed by atoms with Gasteiger partial charge in [0.25, 0.3) is 0 Å². The average Bonchev–Trinajstić information content (AvgIpc) is 2.73. The normalized spacial score (nSPS) is 17.8. The number of carbonyl (C=O) groups is 1. The van der Waals surface area contributed by atoms with Gasteiger partial charge in [-0.15, -0.1) is 0 Å². The van der Waals surface area contributed by atoms with Crippen LogP contribution < -0.4 is 10.2 Å². The molecule has 0 bridgehead atoms. The highest BCUT2D eigenvalue weighted by Crippen LogP contribution is 2.20. The summed E-state index contributed by atoms with van der Waals surface area (Å²) >= 11 is 0. The Morgan fingerprint density at radius 2 is 1.82 bits per heavy atom. The molecule has 1 aliphatic rings. The molecule has 7 heteroatoms. The van der Waals surface area contributed by atoms with Gasteiger partial charge in [0.15, 0.2) is 0 Å². The van der Waals surface area contributed by atoms with Gasteiger partial charge in [-0.25, -0.2) is 4.79 Å². The Bertz CT molecular complexity index is 493. The number of carbonyl (C=O) groups excluding carboxylic acids is 1. The monoisotopic (exact) mass is 315 g/mol. The fourth-order valence-electron chi connectivity index (χ4n) is 2.38. The molecule has 0 aliphatic carbocycles. The van der Waals surface area contributed by atoms with Gasteiger partial charge in [0, 0.05) is 31.9 Å². The summed E-state index contributed by atoms with van der Waals surface area (Å²) in [4.78, 5) is 15.5. The molecule has 0 radical (unpaired) electrons. The van der Waals surface area contributed by atoms with Crippen molar-refractivity contribution >= 4 is 11.7 Å². The van der Waals surface area contributed by atoms with Crippen molar-refractivity contribution in [2.75, 3.05) is 31.1 Å². The van der Waals surface area contributed by atoms with Gasteiger partial charge in [-0.1, -0.05) is 18.2 Å². The smallest absolute Gasteiger partial charge is 0.370 e. The van der Waals surface area contributed by atoms with Crippen LogP contribution in [0, 0.1) is 0 Å². The Kier molecular flexibility index (Phi) is 5.15. The summed E-state index contributed by atoms with van der Waals surface area (Å²) in [5.41, 5.74) is 1.06. The highest BCUT2D eigenvalue weighted by molar-refractivity contribution is 5.74. The molecule has 0 saturated carbocycles. The second kappa shape index (κ2) is 6.89. The Hall–Kier alpha value is -1.92. The molecule has 1 aromatic carbocycles. The lowest BCUT2D eigenvalue weighted by atomic mass is 10.3. The number of anilines is 1. The van der Waals surface area contributed by atoms with Crippen LogP contribution in [0.3, 0.4) is 0 Å². The molecule has 2 rings (SSSR count). The second-order valence-electron chi connectivity index (χ2n) is 5.38. The standard InChI is InChI=1S/C15H20F3N3O/c1-12(15(16,17)18)19-14(22)21-9-5-8-20(10-11-21)13-6-3-2-4-7-13/h2-4,6-7,12H,5,8-11H2,1H3,(H,19,22)/t12-/m0/s1. The zero-order valence-electron chi connectivity index (χ0n) is 12.4. The summed E-state index contributed by atoms with van der Waals surface area (Å²) in [5, 5.41) is 2.02. The van der Waals surface area contributed by atoms with Gasteiger partial charge in [0.05, 0.1) is 0 Å². The third kappa shape index (κ3) is 4.29. The minimum absolute atomic E-state index is 0.408. The number of halogens is 3. The number of urea groups is 1. The highest BCUT2D eigenvalue weighted by Gasteiger charge is 2.37. The molecular formula is C15H20F3N3O. The van der Waals surface area contributed by atoms with E-state index in [9.17, 15) is 18.0 Å². The maximum Gasteiger partial charge on any atom is 0.408 e. The lowest BCUT2D eigenvalue weighted by molar-refractivity contribution is -0.149. The van der Waals surface area contributed by atoms with E-state index in [1.165, 1.54) is 4.90 Å². The molecule has 1 atom stereocenters. The van der Waals surface area contributed by atoms with Crippen LogP contribution in [0.5, 0.6) is 0 Å². The molecule has 122 valence electrons. The third-order valence-corrected chi connectivity index (χ3v) is 3.74. The van der Waals surface area contributed by atoms with Gasteiger partial charge < -0.3 is 15.1 Å². The Morgan fingerprint density at radius 3 is 2.45 bits per heavy atom. The summed E-state index contributed by atoms with van der Waals surface area (Å²) in [6.07, 6.45) is -3.69. The van der Waals surface area contributed by atoms with Crippen LogP contribution in [0.2, 0.25) is 0 Å². The molecule has 1 aliphatic heterocycles. The fraction of sp³-hybridized carbons (Fsp3) is 0.533. The van der Waals surface area contributed by atoms with E-state index in [1.54, 1.807) is 0 Å². The van der Waals surface area contributed by atoms with Crippen LogP contribution in [-0.4, -0.2) is 49.3 Å². The molecule has 0 aromatic heterocycles. The molecule has 4 nitrogen and oxygen atoms in total. The summed E-state index contributed by atoms with van der Waals surface area (Å²) in [7, 11) is 0. The Labute approximate surface area is 127 Å². The second-order valence-corrected chi connectivity index (χ2v) is 5.38. The lowest BCUT2D eigenvalue weighted by Crippen LogP contribution is -2.50. The molecule has 1 heterocycles. The van der Waals surface area contributed by atoms with Crippen LogP contribution in [0.25, 0.3) is 0 Å². The number of benzene rings is 1. The quantitative estimate of drug-likeness (QED) is 0.911. The predicted molar refractivity (Wildman–Crippen MR) is 78.9 cm³/mol. The van der Waals surface area contributed by atoms with Crippen molar-refractivity contribution in [3.05, 3.63) is 30.3 Å². The topological polar surface area (TPSA) is 35.6 Å². The number of para-hydroxylation sites is 1. The van der Waals surface area contributed by atoms with Crippen molar-refractivity contribution < 1.29 is 18.0 Å². The summed E-state index contributed by atoms with van der Waals surface area (Å²) in [6.45, 7) is 3.21. The van der Waals surface area contributed by atoms with Gasteiger partial charge in [0.1, 0.15) is 6.04 Å². The zero-order valence-corrected chi connectivity index (χ0v) is 12.4. The van der Waals surface area contributed by atoms with Gasteiger partial charge in [-0.05, 0) is 25.5 Å². The molecule has 1 N–H and O–H groups in total. The van der Waals surface area contributed by atoms with E-state index in [4.69, 9.17) is 0 Å². The molecule has 2 amide bonds. The predicted octanol–water partition coefficient (Wildman–Crippen LogP) is 2.86. The minimum atomic E-state index is -4.42.